The van der Waals surface area contributed by atoms with Crippen LogP contribution in [0.5, 0.6) is 5.75 Å². The number of nitrogens with one attached hydrogen (secondary N) is 1. The van der Waals surface area contributed by atoms with Crippen LogP contribution >= 0.6 is 11.3 Å². The number of likely N-dealkylation sites (tertiary alicyclic amines) is 1. The number of carbonyl (C=O) groups is 1. The molecule has 6 heteroatoms. The zero-order valence-corrected chi connectivity index (χ0v) is 19.2. The second-order valence-electron chi connectivity index (χ2n) is 8.20. The molecule has 2 aromatic heterocycles. The Kier molecular flexibility index (Phi) is 6.78. The van der Waals surface area contributed by atoms with Crippen molar-refractivity contribution in [2.24, 2.45) is 5.92 Å². The van der Waals surface area contributed by atoms with E-state index in [-0.39, 0.29) is 11.9 Å². The van der Waals surface area contributed by atoms with Crippen LogP contribution in [0.3, 0.4) is 0 Å². The molecule has 1 aliphatic heterocycles. The van der Waals surface area contributed by atoms with Gasteiger partial charge in [0.1, 0.15) is 10.8 Å². The van der Waals surface area contributed by atoms with Gasteiger partial charge in [0, 0.05) is 10.4 Å². The molecule has 1 fully saturated rings. The lowest BCUT2D eigenvalue weighted by Gasteiger charge is -2.37. The monoisotopic (exact) mass is 438 g/mol. The molecule has 0 aliphatic carbocycles. The Labute approximate surface area is 188 Å². The number of anilines is 1. The Morgan fingerprint density at radius 2 is 2.00 bits per heavy atom. The van der Waals surface area contributed by atoms with Gasteiger partial charge < -0.3 is 14.5 Å². The Hall–Kier alpha value is -2.57. The summed E-state index contributed by atoms with van der Waals surface area (Å²) in [6.45, 7) is 9.14. The summed E-state index contributed by atoms with van der Waals surface area (Å²) in [6, 6.07) is 14.1. The number of amides is 1. The first-order chi connectivity index (χ1) is 15.0. The summed E-state index contributed by atoms with van der Waals surface area (Å²) >= 11 is 1.61. The van der Waals surface area contributed by atoms with Crippen LogP contribution in [0, 0.1) is 12.8 Å². The van der Waals surface area contributed by atoms with E-state index in [1.165, 1.54) is 29.5 Å². The van der Waals surface area contributed by atoms with Crippen molar-refractivity contribution in [3.63, 3.8) is 0 Å². The lowest BCUT2D eigenvalue weighted by atomic mass is 9.92. The van der Waals surface area contributed by atoms with Gasteiger partial charge in [-0.25, -0.2) is 0 Å². The molecule has 0 unspecified atom stereocenters. The zero-order valence-electron chi connectivity index (χ0n) is 18.4. The third-order valence-electron chi connectivity index (χ3n) is 5.84. The van der Waals surface area contributed by atoms with Crippen LogP contribution in [0.2, 0.25) is 0 Å². The van der Waals surface area contributed by atoms with Gasteiger partial charge in [-0.1, -0.05) is 19.1 Å². The second-order valence-corrected chi connectivity index (χ2v) is 9.45. The van der Waals surface area contributed by atoms with E-state index >= 15 is 0 Å². The minimum absolute atomic E-state index is 0.0834. The maximum absolute atomic E-state index is 12.7. The average molecular weight is 439 g/mol. The molecule has 1 saturated heterocycles. The average Bonchev–Trinajstić information content (AvgIpc) is 3.42. The van der Waals surface area contributed by atoms with E-state index < -0.39 is 0 Å². The fraction of sp³-hybridized carbons (Fsp3) is 0.400. The van der Waals surface area contributed by atoms with Gasteiger partial charge >= 0.3 is 0 Å². The highest BCUT2D eigenvalue weighted by molar-refractivity contribution is 7.16. The number of aryl methyl sites for hydroxylation is 1. The van der Waals surface area contributed by atoms with Crippen LogP contribution in [-0.4, -0.2) is 30.5 Å². The SMILES string of the molecule is CCOc1ccc([C@@H](c2cc(C)sc2NC(=O)c2ccco2)N2CCC(C)CC2)cc1. The Bertz CT molecular complexity index is 986. The summed E-state index contributed by atoms with van der Waals surface area (Å²) in [4.78, 5) is 16.4. The number of thiophene rings is 1. The number of hydrogen-bond acceptors (Lipinski definition) is 5. The molecule has 0 saturated carbocycles. The van der Waals surface area contributed by atoms with Crippen molar-refractivity contribution >= 4 is 22.2 Å². The summed E-state index contributed by atoms with van der Waals surface area (Å²) in [6.07, 6.45) is 3.89. The molecule has 3 aromatic rings. The maximum atomic E-state index is 12.7. The van der Waals surface area contributed by atoms with Crippen LogP contribution in [0.4, 0.5) is 5.00 Å². The Morgan fingerprint density at radius 1 is 1.26 bits per heavy atom. The number of hydrogen-bond donors (Lipinski definition) is 1. The van der Waals surface area contributed by atoms with E-state index in [2.05, 4.69) is 42.3 Å². The molecule has 1 amide bonds. The predicted octanol–water partition coefficient (Wildman–Crippen LogP) is 6.12. The number of piperidine rings is 1. The quantitative estimate of drug-likeness (QED) is 0.483. The maximum Gasteiger partial charge on any atom is 0.291 e. The molecule has 1 atom stereocenters. The minimum Gasteiger partial charge on any atom is -0.494 e. The first-order valence-corrected chi connectivity index (χ1v) is 11.8. The first-order valence-electron chi connectivity index (χ1n) is 11.0. The molecule has 1 aromatic carbocycles. The van der Waals surface area contributed by atoms with Crippen LogP contribution in [-0.2, 0) is 0 Å². The molecule has 0 radical (unpaired) electrons. The summed E-state index contributed by atoms with van der Waals surface area (Å²) in [7, 11) is 0. The Balaban J connectivity index is 1.69. The number of ether oxygens (including phenoxy) is 1. The van der Waals surface area contributed by atoms with Gasteiger partial charge in [0.2, 0.25) is 0 Å². The van der Waals surface area contributed by atoms with Gasteiger partial charge in [0.15, 0.2) is 5.76 Å². The molecule has 5 nitrogen and oxygen atoms in total. The first kappa shape index (κ1) is 21.7. The number of benzene rings is 1. The zero-order chi connectivity index (χ0) is 21.8. The Morgan fingerprint density at radius 3 is 2.65 bits per heavy atom. The van der Waals surface area contributed by atoms with Gasteiger partial charge in [0.25, 0.3) is 5.91 Å². The molecule has 0 spiro atoms. The van der Waals surface area contributed by atoms with Crippen molar-refractivity contribution in [3.8, 4) is 5.75 Å². The summed E-state index contributed by atoms with van der Waals surface area (Å²) < 4.78 is 10.9. The molecular formula is C25H30N2O3S. The fourth-order valence-corrected chi connectivity index (χ4v) is 5.13. The van der Waals surface area contributed by atoms with E-state index in [0.717, 1.165) is 35.3 Å². The standard InChI is InChI=1S/C25H30N2O3S/c1-4-29-20-9-7-19(8-10-20)23(27-13-11-17(2)12-14-27)21-16-18(3)31-25(21)26-24(28)22-6-5-15-30-22/h5-10,15-17,23H,4,11-14H2,1-3H3,(H,26,28)/t23-/m0/s1. The van der Waals surface area contributed by atoms with Gasteiger partial charge in [0.05, 0.1) is 18.9 Å². The predicted molar refractivity (Wildman–Crippen MR) is 125 cm³/mol. The van der Waals surface area contributed by atoms with Crippen molar-refractivity contribution in [3.05, 3.63) is 70.5 Å². The van der Waals surface area contributed by atoms with Crippen LogP contribution in [0.25, 0.3) is 0 Å². The number of furan rings is 1. The smallest absolute Gasteiger partial charge is 0.291 e. The number of nitrogens with zero attached hydrogens (tertiary/aromatic N) is 1. The molecule has 31 heavy (non-hydrogen) atoms. The van der Waals surface area contributed by atoms with Gasteiger partial charge in [-0.2, -0.15) is 0 Å². The lowest BCUT2D eigenvalue weighted by Crippen LogP contribution is -2.37. The highest BCUT2D eigenvalue weighted by atomic mass is 32.1. The molecule has 0 bridgehead atoms. The van der Waals surface area contributed by atoms with E-state index in [4.69, 9.17) is 9.15 Å². The van der Waals surface area contributed by atoms with Crippen LogP contribution < -0.4 is 10.1 Å². The second kappa shape index (κ2) is 9.71. The molecular weight excluding hydrogens is 408 g/mol. The molecule has 1 N–H and O–H groups in total. The molecule has 4 rings (SSSR count). The van der Waals surface area contributed by atoms with Crippen molar-refractivity contribution in [1.82, 2.24) is 4.90 Å². The minimum atomic E-state index is -0.217. The van der Waals surface area contributed by atoms with Crippen molar-refractivity contribution in [2.75, 3.05) is 25.0 Å². The van der Waals surface area contributed by atoms with Crippen molar-refractivity contribution in [1.29, 1.82) is 0 Å². The molecule has 3 heterocycles. The van der Waals surface area contributed by atoms with Crippen LogP contribution in [0.1, 0.15) is 59.3 Å². The molecule has 164 valence electrons. The van der Waals surface area contributed by atoms with E-state index in [1.807, 2.05) is 19.1 Å². The normalized spacial score (nSPS) is 16.2. The third-order valence-corrected chi connectivity index (χ3v) is 6.82. The van der Waals surface area contributed by atoms with Gasteiger partial charge in [-0.05, 0) is 81.6 Å². The van der Waals surface area contributed by atoms with E-state index in [1.54, 1.807) is 23.5 Å². The highest BCUT2D eigenvalue weighted by Gasteiger charge is 2.29. The van der Waals surface area contributed by atoms with Crippen molar-refractivity contribution in [2.45, 2.75) is 39.7 Å². The third kappa shape index (κ3) is 5.02. The van der Waals surface area contributed by atoms with Crippen molar-refractivity contribution < 1.29 is 13.9 Å². The highest BCUT2D eigenvalue weighted by Crippen LogP contribution is 2.41. The fourth-order valence-electron chi connectivity index (χ4n) is 4.19. The summed E-state index contributed by atoms with van der Waals surface area (Å²) in [5, 5.41) is 3.98. The number of rotatable bonds is 7. The van der Waals surface area contributed by atoms with E-state index in [9.17, 15) is 4.79 Å². The number of carbonyl (C=O) groups excluding carboxylic acids is 1. The lowest BCUT2D eigenvalue weighted by molar-refractivity contribution is 0.0996. The topological polar surface area (TPSA) is 54.7 Å². The van der Waals surface area contributed by atoms with Gasteiger partial charge in [-0.15, -0.1) is 11.3 Å². The summed E-state index contributed by atoms with van der Waals surface area (Å²) in [5.74, 6) is 1.73. The summed E-state index contributed by atoms with van der Waals surface area (Å²) in [5.41, 5.74) is 2.35. The van der Waals surface area contributed by atoms with E-state index in [0.29, 0.717) is 12.4 Å². The largest absolute Gasteiger partial charge is 0.494 e. The van der Waals surface area contributed by atoms with Crippen LogP contribution in [0.15, 0.2) is 53.1 Å². The van der Waals surface area contributed by atoms with Gasteiger partial charge in [-0.3, -0.25) is 9.69 Å². The molecule has 1 aliphatic rings.